The summed E-state index contributed by atoms with van der Waals surface area (Å²) in [5, 5.41) is 4.67. The molecule has 0 amide bonds. The van der Waals surface area contributed by atoms with Gasteiger partial charge in [0, 0.05) is 16.1 Å². The molecule has 0 spiro atoms. The van der Waals surface area contributed by atoms with E-state index in [0.29, 0.717) is 0 Å². The molecule has 1 fully saturated rings. The first-order chi connectivity index (χ1) is 29.7. The molecule has 0 aliphatic heterocycles. The predicted molar refractivity (Wildman–Crippen MR) is 310 cm³/mol. The fourth-order valence-electron chi connectivity index (χ4n) is 3.50. The minimum atomic E-state index is -4.94. The van der Waals surface area contributed by atoms with Gasteiger partial charge in [0.2, 0.25) is 0 Å². The maximum atomic E-state index is 8.49. The van der Waals surface area contributed by atoms with E-state index in [1.54, 1.807) is 21.1 Å². The van der Waals surface area contributed by atoms with E-state index in [1.165, 1.54) is 0 Å². The Morgan fingerprint density at radius 1 is 0.486 bits per heavy atom. The van der Waals surface area contributed by atoms with Gasteiger partial charge in [0.25, 0.3) is 0 Å². The van der Waals surface area contributed by atoms with Crippen LogP contribution >= 0.6 is 13.0 Å². The van der Waals surface area contributed by atoms with Crippen molar-refractivity contribution in [3.05, 3.63) is 130 Å². The van der Waals surface area contributed by atoms with Crippen molar-refractivity contribution in [2.24, 2.45) is 0 Å². The molecule has 396 valence electrons. The third-order valence-electron chi connectivity index (χ3n) is 7.61. The van der Waals surface area contributed by atoms with Gasteiger partial charge >= 0.3 is 97.8 Å². The van der Waals surface area contributed by atoms with Gasteiger partial charge < -0.3 is 54.3 Å². The summed E-state index contributed by atoms with van der Waals surface area (Å²) in [5.41, 5.74) is 11.5. The zero-order valence-corrected chi connectivity index (χ0v) is 63.7. The van der Waals surface area contributed by atoms with Crippen molar-refractivity contribution in [3.63, 3.8) is 0 Å². The molecule has 18 heteroatoms. The Bertz CT molecular complexity index is 1570. The standard InChI is InChI=1S/4C8H13Si.4C5H9Si.2Ag.BrH.ClHO4.2Ti/c4*1-9(2,3)8-6-4-5-7-8;4*1-5-6(2,3)4;;;;2-1(3,4)5;;/h4*4-7H,1-3H3;4*2-4H3;;;1H;(H,2,3,4,5);;/q8*-1;2*+1;;;2*+4/p-2. The summed E-state index contributed by atoms with van der Waals surface area (Å²) in [6.45, 7) is 53.4. The average molecular weight is 1430 g/mol. The van der Waals surface area contributed by atoms with Gasteiger partial charge in [-0.05, 0) is 0 Å². The molecule has 0 bridgehead atoms. The van der Waals surface area contributed by atoms with Gasteiger partial charge in [-0.2, -0.15) is 64.8 Å². The number of halogens is 2. The van der Waals surface area contributed by atoms with E-state index in [-0.39, 0.29) is 65.8 Å². The van der Waals surface area contributed by atoms with Crippen LogP contribution in [0.15, 0.2) is 72.8 Å². The zero-order valence-electron chi connectivity index (χ0n) is 47.2. The largest absolute Gasteiger partial charge is 4.00 e. The molecule has 0 unspecified atom stereocenters. The third-order valence-corrected chi connectivity index (χ3v) is 18.9. The van der Waals surface area contributed by atoms with Gasteiger partial charge in [-0.25, -0.2) is 54.2 Å². The van der Waals surface area contributed by atoms with Crippen LogP contribution in [0.2, 0.25) is 157 Å². The van der Waals surface area contributed by atoms with Crippen LogP contribution in [0.3, 0.4) is 0 Å². The normalized spacial score (nSPS) is 12.0. The molecule has 3 aromatic rings. The van der Waals surface area contributed by atoms with Crippen LogP contribution in [0, 0.1) is 89.3 Å². The molecule has 0 atom stereocenters. The second-order valence-electron chi connectivity index (χ2n) is 23.6. The number of rotatable bonds is 4. The molecular formula is C52H88Ag2BrClO4Si8Ti2. The van der Waals surface area contributed by atoms with Crippen LogP contribution < -0.4 is 34.2 Å². The first-order valence-corrected chi connectivity index (χ1v) is 54.7. The summed E-state index contributed by atoms with van der Waals surface area (Å²) < 4.78 is 34.0. The average Bonchev–Trinajstić information content (AvgIpc) is 3.98. The Hall–Kier alpha value is 1.54. The second-order valence-corrected chi connectivity index (χ2v) is 63.6. The van der Waals surface area contributed by atoms with Crippen LogP contribution in [0.1, 0.15) is 0 Å². The van der Waals surface area contributed by atoms with E-state index in [9.17, 15) is 0 Å². The molecule has 1 aliphatic carbocycles. The first kappa shape index (κ1) is 91.0. The van der Waals surface area contributed by atoms with E-state index < -0.39 is 74.8 Å². The van der Waals surface area contributed by atoms with Gasteiger partial charge in [0.05, 0.1) is 48.4 Å². The molecular weight excluding hydrogens is 1340 g/mol. The molecule has 1 saturated carbocycles. The molecule has 70 heavy (non-hydrogen) atoms. The zero-order chi connectivity index (χ0) is 55.0. The van der Waals surface area contributed by atoms with Gasteiger partial charge in [0.15, 0.2) is 0 Å². The van der Waals surface area contributed by atoms with Crippen molar-refractivity contribution in [3.8, 4) is 22.2 Å². The Kier molecular flexibility index (Phi) is 57.9. The monoisotopic (exact) mass is 1420 g/mol. The molecule has 0 heterocycles. The number of hydrogen-bond donors (Lipinski definition) is 0. The van der Waals surface area contributed by atoms with Crippen molar-refractivity contribution in [2.75, 3.05) is 0 Å². The molecule has 4 rings (SSSR count). The Labute approximate surface area is 509 Å². The minimum Gasteiger partial charge on any atom is -0.701 e. The molecule has 0 N–H and O–H groups in total. The molecule has 0 saturated heterocycles. The summed E-state index contributed by atoms with van der Waals surface area (Å²) in [6.07, 6.45) is 35.4. The van der Waals surface area contributed by atoms with Gasteiger partial charge in [-0.1, -0.05) is 170 Å². The van der Waals surface area contributed by atoms with E-state index in [1.807, 2.05) is 0 Å². The van der Waals surface area contributed by atoms with Gasteiger partial charge in [-0.3, -0.25) is 0 Å². The topological polar surface area (TPSA) is 92.2 Å². The maximum absolute atomic E-state index is 8.49. The smallest absolute Gasteiger partial charge is 0.701 e. The van der Waals surface area contributed by atoms with Crippen molar-refractivity contribution >= 4 is 93.2 Å². The summed E-state index contributed by atoms with van der Waals surface area (Å²) in [6, 6.07) is 26.1. The van der Waals surface area contributed by atoms with Gasteiger partial charge in [0.1, 0.15) is 0 Å². The first-order valence-electron chi connectivity index (χ1n) is 22.0. The van der Waals surface area contributed by atoms with E-state index in [0.717, 1.165) is 0 Å². The SMILES string of the molecule is C[Si](C)(C)[C]1[CH][CH][CH][CH-]1.C[Si](C)(C)c1cc[cH-]c1.C[Si](C)(C)c1ccc[cH-]1.C[Si](C)(C)c1ccc[cH-]1.[Ag+].[Br][Ag].[C-]#C[Si](C)(C)C.[C-]#C[Si](C)(C)C.[C-]#C[Si](C)(C)C.[C-]#C[Si](C)(C)C.[O-][Cl+3]([O-])([O-])[O-].[Ti+4].[Ti+4]. The predicted octanol–water partition coefficient (Wildman–Crippen LogP) is 10.0. The second kappa shape index (κ2) is 44.5. The number of hydrogen-bond acceptors (Lipinski definition) is 4. The quantitative estimate of drug-likeness (QED) is 0.148. The van der Waals surface area contributed by atoms with Crippen LogP contribution in [0.25, 0.3) is 0 Å². The van der Waals surface area contributed by atoms with Crippen LogP contribution in [0.5, 0.6) is 0 Å². The van der Waals surface area contributed by atoms with Gasteiger partial charge in [-0.15, -0.1) is 10.2 Å². The molecule has 4 radical (unpaired) electrons. The summed E-state index contributed by atoms with van der Waals surface area (Å²) in [4.78, 5) is 0. The van der Waals surface area contributed by atoms with E-state index in [4.69, 9.17) is 44.3 Å². The summed E-state index contributed by atoms with van der Waals surface area (Å²) in [5.74, 6) is 0. The molecule has 3 aromatic carbocycles. The molecule has 4 nitrogen and oxygen atoms in total. The third kappa shape index (κ3) is 76.1. The van der Waals surface area contributed by atoms with Crippen molar-refractivity contribution < 1.29 is 114 Å². The fraction of sp³-hybridized carbons (Fsp3) is 0.462. The summed E-state index contributed by atoms with van der Waals surface area (Å²) in [7, 11) is -13.7. The van der Waals surface area contributed by atoms with Crippen LogP contribution in [-0.4, -0.2) is 64.6 Å². The van der Waals surface area contributed by atoms with Crippen LogP contribution in [0.4, 0.5) is 0 Å². The Balaban J connectivity index is -0.0000000853. The molecule has 1 aliphatic rings. The summed E-state index contributed by atoms with van der Waals surface area (Å²) >= 11 is 5.51. The Morgan fingerprint density at radius 3 is 0.843 bits per heavy atom. The maximum Gasteiger partial charge on any atom is 4.00 e. The van der Waals surface area contributed by atoms with Crippen molar-refractivity contribution in [2.45, 2.75) is 157 Å². The van der Waals surface area contributed by atoms with E-state index >= 15 is 0 Å². The van der Waals surface area contributed by atoms with Crippen LogP contribution in [-0.2, 0) is 84.7 Å². The molecule has 0 aromatic heterocycles. The van der Waals surface area contributed by atoms with Crippen molar-refractivity contribution in [1.29, 1.82) is 0 Å². The van der Waals surface area contributed by atoms with Crippen molar-refractivity contribution in [1.82, 2.24) is 0 Å². The Morgan fingerprint density at radius 2 is 0.757 bits per heavy atom. The minimum absolute atomic E-state index is 0. The van der Waals surface area contributed by atoms with E-state index in [2.05, 4.69) is 310 Å². The fourth-order valence-corrected chi connectivity index (χ4v) is 8.27.